The molecular formula is C29H33N5O5. The topological polar surface area (TPSA) is 106 Å². The van der Waals surface area contributed by atoms with Crippen molar-refractivity contribution in [2.24, 2.45) is 0 Å². The third kappa shape index (κ3) is 7.02. The molecule has 0 saturated carbocycles. The molecule has 0 spiro atoms. The standard InChI is InChI=1S/C29H33N5O5/c1-32-18-27(35)31-25-17-33(29(37)19-34-13-4-12-30-34)14-11-26(25)38-20-22-6-3-8-24(16-22)39-23-7-2-5-21(15-23)9-10-28(32)36/h2-8,12-13,15-16,25-26H,9-11,14,17-20H2,1H3,(H,31,35)/t25-,26+/m0/s1. The number of likely N-dealkylation sites (tertiary alicyclic amines) is 1. The van der Waals surface area contributed by atoms with Gasteiger partial charge in [-0.25, -0.2) is 0 Å². The summed E-state index contributed by atoms with van der Waals surface area (Å²) in [5.74, 6) is 0.890. The Morgan fingerprint density at radius 3 is 2.59 bits per heavy atom. The summed E-state index contributed by atoms with van der Waals surface area (Å²) in [6.07, 6.45) is 4.44. The van der Waals surface area contributed by atoms with Crippen LogP contribution in [0.2, 0.25) is 0 Å². The molecule has 1 aromatic heterocycles. The third-order valence-corrected chi connectivity index (χ3v) is 7.04. The lowest BCUT2D eigenvalue weighted by molar-refractivity contribution is -0.139. The highest BCUT2D eigenvalue weighted by molar-refractivity contribution is 5.85. The van der Waals surface area contributed by atoms with Gasteiger partial charge in [0.05, 0.1) is 25.3 Å². The van der Waals surface area contributed by atoms with Gasteiger partial charge in [0.15, 0.2) is 0 Å². The van der Waals surface area contributed by atoms with Crippen molar-refractivity contribution in [3.63, 3.8) is 0 Å². The molecule has 0 radical (unpaired) electrons. The number of ether oxygens (including phenoxy) is 2. The summed E-state index contributed by atoms with van der Waals surface area (Å²) in [6, 6.07) is 16.7. The molecule has 2 aliphatic heterocycles. The van der Waals surface area contributed by atoms with Crippen molar-refractivity contribution in [1.29, 1.82) is 0 Å². The van der Waals surface area contributed by atoms with E-state index in [2.05, 4.69) is 10.4 Å². The van der Waals surface area contributed by atoms with Gasteiger partial charge in [-0.05, 0) is 54.3 Å². The molecule has 3 amide bonds. The Labute approximate surface area is 227 Å². The highest BCUT2D eigenvalue weighted by Crippen LogP contribution is 2.25. The van der Waals surface area contributed by atoms with Gasteiger partial charge in [-0.1, -0.05) is 24.3 Å². The smallest absolute Gasteiger partial charge is 0.244 e. The van der Waals surface area contributed by atoms with Crippen LogP contribution in [0.15, 0.2) is 67.0 Å². The van der Waals surface area contributed by atoms with E-state index in [4.69, 9.17) is 9.47 Å². The highest BCUT2D eigenvalue weighted by Gasteiger charge is 2.33. The van der Waals surface area contributed by atoms with Gasteiger partial charge in [0.1, 0.15) is 18.0 Å². The lowest BCUT2D eigenvalue weighted by Crippen LogP contribution is -2.58. The molecular weight excluding hydrogens is 498 g/mol. The summed E-state index contributed by atoms with van der Waals surface area (Å²) in [6.45, 7) is 1.20. The molecule has 3 heterocycles. The molecule has 4 bridgehead atoms. The number of likely N-dealkylation sites (N-methyl/N-ethyl adjacent to an activating group) is 1. The van der Waals surface area contributed by atoms with E-state index in [0.29, 0.717) is 44.0 Å². The summed E-state index contributed by atoms with van der Waals surface area (Å²) in [7, 11) is 1.63. The van der Waals surface area contributed by atoms with Gasteiger partial charge in [-0.3, -0.25) is 19.1 Å². The van der Waals surface area contributed by atoms with Gasteiger partial charge >= 0.3 is 0 Å². The van der Waals surface area contributed by atoms with Crippen molar-refractivity contribution in [3.8, 4) is 11.5 Å². The van der Waals surface area contributed by atoms with Gasteiger partial charge in [0.2, 0.25) is 17.7 Å². The minimum absolute atomic E-state index is 0.0749. The Morgan fingerprint density at radius 2 is 1.82 bits per heavy atom. The van der Waals surface area contributed by atoms with Gasteiger partial charge in [-0.2, -0.15) is 5.10 Å². The maximum atomic E-state index is 13.0. The van der Waals surface area contributed by atoms with Crippen LogP contribution in [0, 0.1) is 0 Å². The Hall–Kier alpha value is -4.18. The number of nitrogens with one attached hydrogen (secondary N) is 1. The van der Waals surface area contributed by atoms with Gasteiger partial charge in [-0.15, -0.1) is 0 Å². The van der Waals surface area contributed by atoms with Gasteiger partial charge in [0.25, 0.3) is 0 Å². The quantitative estimate of drug-likeness (QED) is 0.545. The molecule has 1 saturated heterocycles. The van der Waals surface area contributed by atoms with E-state index < -0.39 is 6.04 Å². The molecule has 2 atom stereocenters. The molecule has 10 nitrogen and oxygen atoms in total. The van der Waals surface area contributed by atoms with E-state index in [1.54, 1.807) is 35.1 Å². The van der Waals surface area contributed by atoms with Crippen LogP contribution in [0.4, 0.5) is 0 Å². The predicted octanol–water partition coefficient (Wildman–Crippen LogP) is 2.38. The first-order valence-electron chi connectivity index (χ1n) is 13.2. The fourth-order valence-electron chi connectivity index (χ4n) is 4.93. The van der Waals surface area contributed by atoms with Gasteiger partial charge < -0.3 is 24.6 Å². The molecule has 5 rings (SSSR count). The Morgan fingerprint density at radius 1 is 1.05 bits per heavy atom. The maximum Gasteiger partial charge on any atom is 0.244 e. The fourth-order valence-corrected chi connectivity index (χ4v) is 4.93. The minimum atomic E-state index is -0.422. The van der Waals surface area contributed by atoms with Crippen molar-refractivity contribution in [1.82, 2.24) is 24.9 Å². The molecule has 10 heteroatoms. The number of fused-ring (bicyclic) bond motifs is 5. The number of piperidine rings is 1. The van der Waals surface area contributed by atoms with Crippen molar-refractivity contribution < 1.29 is 23.9 Å². The number of carbonyl (C=O) groups excluding carboxylic acids is 3. The lowest BCUT2D eigenvalue weighted by atomic mass is 10.0. The second kappa shape index (κ2) is 12.1. The second-order valence-corrected chi connectivity index (χ2v) is 10.0. The molecule has 3 aromatic rings. The van der Waals surface area contributed by atoms with Crippen LogP contribution < -0.4 is 10.1 Å². The molecule has 0 unspecified atom stereocenters. The highest BCUT2D eigenvalue weighted by atomic mass is 16.5. The van der Waals surface area contributed by atoms with Crippen molar-refractivity contribution in [2.45, 2.75) is 44.6 Å². The number of hydrogen-bond donors (Lipinski definition) is 1. The van der Waals surface area contributed by atoms with Gasteiger partial charge in [0, 0.05) is 39.0 Å². The molecule has 39 heavy (non-hydrogen) atoms. The number of aryl methyl sites for hydroxylation is 1. The van der Waals surface area contributed by atoms with E-state index in [-0.39, 0.29) is 43.3 Å². The molecule has 1 N–H and O–H groups in total. The SMILES string of the molecule is CN1CC(=O)N[C@H]2CN(C(=O)Cn3cccn3)CC[C@H]2OCc2cccc(c2)Oc2cccc(c2)CCC1=O. The zero-order valence-corrected chi connectivity index (χ0v) is 22.0. The summed E-state index contributed by atoms with van der Waals surface area (Å²) < 4.78 is 14.0. The number of aromatic nitrogens is 2. The van der Waals surface area contributed by atoms with Crippen LogP contribution >= 0.6 is 0 Å². The van der Waals surface area contributed by atoms with Crippen LogP contribution in [0.1, 0.15) is 24.0 Å². The number of hydrogen-bond acceptors (Lipinski definition) is 6. The lowest BCUT2D eigenvalue weighted by Gasteiger charge is -2.39. The first-order valence-corrected chi connectivity index (χ1v) is 13.2. The van der Waals surface area contributed by atoms with E-state index in [1.807, 2.05) is 48.5 Å². The zero-order valence-electron chi connectivity index (χ0n) is 22.0. The van der Waals surface area contributed by atoms with Crippen molar-refractivity contribution >= 4 is 17.7 Å². The number of carbonyl (C=O) groups is 3. The molecule has 1 fully saturated rings. The molecule has 204 valence electrons. The number of nitrogens with zero attached hydrogens (tertiary/aromatic N) is 4. The monoisotopic (exact) mass is 531 g/mol. The Balaban J connectivity index is 1.34. The van der Waals surface area contributed by atoms with E-state index in [1.165, 1.54) is 4.90 Å². The van der Waals surface area contributed by atoms with Crippen LogP contribution in [0.5, 0.6) is 11.5 Å². The number of benzene rings is 2. The number of amides is 3. The molecule has 0 aliphatic carbocycles. The van der Waals surface area contributed by atoms with Crippen LogP contribution in [0.3, 0.4) is 0 Å². The van der Waals surface area contributed by atoms with E-state index >= 15 is 0 Å². The average Bonchev–Trinajstić information content (AvgIpc) is 3.44. The second-order valence-electron chi connectivity index (χ2n) is 10.0. The predicted molar refractivity (Wildman–Crippen MR) is 143 cm³/mol. The molecule has 2 aliphatic rings. The minimum Gasteiger partial charge on any atom is -0.457 e. The summed E-state index contributed by atoms with van der Waals surface area (Å²) in [5, 5.41) is 7.15. The van der Waals surface area contributed by atoms with Crippen molar-refractivity contribution in [3.05, 3.63) is 78.1 Å². The summed E-state index contributed by atoms with van der Waals surface area (Å²) in [5.41, 5.74) is 1.92. The first-order chi connectivity index (χ1) is 18.9. The van der Waals surface area contributed by atoms with E-state index in [9.17, 15) is 14.4 Å². The normalized spacial score (nSPS) is 20.7. The number of rotatable bonds is 2. The van der Waals surface area contributed by atoms with E-state index in [0.717, 1.165) is 11.1 Å². The Kier molecular flexibility index (Phi) is 8.21. The average molecular weight is 532 g/mol. The fraction of sp³-hybridized carbons (Fsp3) is 0.379. The van der Waals surface area contributed by atoms with Crippen LogP contribution in [-0.4, -0.2) is 76.1 Å². The van der Waals surface area contributed by atoms with Crippen LogP contribution in [-0.2, 0) is 38.7 Å². The maximum absolute atomic E-state index is 13.0. The molecule has 2 aromatic carbocycles. The summed E-state index contributed by atoms with van der Waals surface area (Å²) >= 11 is 0. The third-order valence-electron chi connectivity index (χ3n) is 7.04. The Bertz CT molecular complexity index is 1310. The van der Waals surface area contributed by atoms with Crippen molar-refractivity contribution in [2.75, 3.05) is 26.7 Å². The largest absolute Gasteiger partial charge is 0.457 e. The first kappa shape index (κ1) is 26.4. The summed E-state index contributed by atoms with van der Waals surface area (Å²) in [4.78, 5) is 41.9. The zero-order chi connectivity index (χ0) is 27.2. The van der Waals surface area contributed by atoms with Crippen LogP contribution in [0.25, 0.3) is 0 Å².